The van der Waals surface area contributed by atoms with Crippen LogP contribution in [0, 0.1) is 0 Å². The minimum atomic E-state index is 0.126. The molecule has 0 unspecified atom stereocenters. The Morgan fingerprint density at radius 3 is 2.62 bits per heavy atom. The third kappa shape index (κ3) is 3.01. The number of benzene rings is 2. The molecule has 0 aliphatic heterocycles. The molecule has 2 aromatic rings. The fourth-order valence-electron chi connectivity index (χ4n) is 2.48. The molecule has 0 bridgehead atoms. The van der Waals surface area contributed by atoms with E-state index in [1.54, 1.807) is 18.7 Å². The Bertz CT molecular complexity index is 726. The summed E-state index contributed by atoms with van der Waals surface area (Å²) in [6.07, 6.45) is 7.04. The van der Waals surface area contributed by atoms with Crippen LogP contribution in [0.25, 0.3) is 11.6 Å². The summed E-state index contributed by atoms with van der Waals surface area (Å²) in [5, 5.41) is 0. The van der Waals surface area contributed by atoms with Crippen LogP contribution in [0.4, 0.5) is 0 Å². The van der Waals surface area contributed by atoms with Crippen LogP contribution in [-0.2, 0) is 4.79 Å². The first-order valence-electron chi connectivity index (χ1n) is 6.99. The lowest BCUT2D eigenvalue weighted by Crippen LogP contribution is -1.99. The molecule has 0 fully saturated rings. The molecule has 21 heavy (non-hydrogen) atoms. The molecule has 0 N–H and O–H groups in total. The zero-order valence-electron chi connectivity index (χ0n) is 11.9. The van der Waals surface area contributed by atoms with Crippen molar-refractivity contribution < 1.29 is 4.79 Å². The zero-order valence-corrected chi connectivity index (χ0v) is 12.7. The van der Waals surface area contributed by atoms with Crippen molar-refractivity contribution in [2.75, 3.05) is 0 Å². The Balaban J connectivity index is 2.11. The molecule has 1 aliphatic rings. The van der Waals surface area contributed by atoms with E-state index in [-0.39, 0.29) is 5.78 Å². The van der Waals surface area contributed by atoms with Crippen molar-refractivity contribution in [1.82, 2.24) is 0 Å². The second-order valence-electron chi connectivity index (χ2n) is 4.95. The summed E-state index contributed by atoms with van der Waals surface area (Å²) < 4.78 is 0. The molecule has 1 nitrogen and oxygen atoms in total. The monoisotopic (exact) mass is 292 g/mol. The molecule has 0 atom stereocenters. The number of allylic oxidation sites excluding steroid dienone is 3. The van der Waals surface area contributed by atoms with Crippen molar-refractivity contribution in [3.8, 4) is 0 Å². The SMILES string of the molecule is CC(=O)C1=CCC=Cc2cccc(Sc3ccccc3)c21. The maximum Gasteiger partial charge on any atom is 0.160 e. The number of carbonyl (C=O) groups excluding carboxylic acids is 1. The van der Waals surface area contributed by atoms with E-state index in [1.165, 1.54) is 4.90 Å². The molecule has 104 valence electrons. The number of ketones is 1. The van der Waals surface area contributed by atoms with E-state index in [9.17, 15) is 4.79 Å². The summed E-state index contributed by atoms with van der Waals surface area (Å²) in [7, 11) is 0. The molecule has 0 radical (unpaired) electrons. The Morgan fingerprint density at radius 2 is 1.86 bits per heavy atom. The molecular formula is C19H16OS. The number of hydrogen-bond acceptors (Lipinski definition) is 2. The quantitative estimate of drug-likeness (QED) is 0.770. The summed E-state index contributed by atoms with van der Waals surface area (Å²) in [6, 6.07) is 16.5. The Labute approximate surface area is 129 Å². The van der Waals surface area contributed by atoms with Gasteiger partial charge in [0.15, 0.2) is 5.78 Å². The van der Waals surface area contributed by atoms with E-state index in [0.717, 1.165) is 28.0 Å². The normalized spacial score (nSPS) is 13.3. The van der Waals surface area contributed by atoms with Crippen LogP contribution in [0.15, 0.2) is 70.5 Å². The first-order valence-corrected chi connectivity index (χ1v) is 7.81. The maximum atomic E-state index is 12.0. The average Bonchev–Trinajstić information content (AvgIpc) is 2.71. The van der Waals surface area contributed by atoms with Crippen LogP contribution in [0.5, 0.6) is 0 Å². The van der Waals surface area contributed by atoms with Gasteiger partial charge in [0, 0.05) is 20.9 Å². The van der Waals surface area contributed by atoms with Gasteiger partial charge in [-0.15, -0.1) is 0 Å². The number of fused-ring (bicyclic) bond motifs is 1. The Hall–Kier alpha value is -2.06. The lowest BCUT2D eigenvalue weighted by Gasteiger charge is -2.13. The molecule has 2 heteroatoms. The molecule has 0 spiro atoms. The Morgan fingerprint density at radius 1 is 1.05 bits per heavy atom. The van der Waals surface area contributed by atoms with Gasteiger partial charge >= 0.3 is 0 Å². The van der Waals surface area contributed by atoms with Crippen molar-refractivity contribution in [3.05, 3.63) is 71.8 Å². The molecule has 0 aromatic heterocycles. The maximum absolute atomic E-state index is 12.0. The lowest BCUT2D eigenvalue weighted by molar-refractivity contribution is -0.111. The number of hydrogen-bond donors (Lipinski definition) is 0. The van der Waals surface area contributed by atoms with Crippen LogP contribution in [0.3, 0.4) is 0 Å². The number of rotatable bonds is 3. The largest absolute Gasteiger partial charge is 0.294 e. The minimum Gasteiger partial charge on any atom is -0.294 e. The number of carbonyl (C=O) groups is 1. The topological polar surface area (TPSA) is 17.1 Å². The summed E-state index contributed by atoms with van der Waals surface area (Å²) in [5.74, 6) is 0.126. The molecule has 0 saturated heterocycles. The van der Waals surface area contributed by atoms with Gasteiger partial charge in [0.05, 0.1) is 0 Å². The zero-order chi connectivity index (χ0) is 14.7. The van der Waals surface area contributed by atoms with Gasteiger partial charge < -0.3 is 0 Å². The van der Waals surface area contributed by atoms with E-state index < -0.39 is 0 Å². The highest BCUT2D eigenvalue weighted by Crippen LogP contribution is 2.37. The van der Waals surface area contributed by atoms with E-state index in [2.05, 4.69) is 42.5 Å². The highest BCUT2D eigenvalue weighted by atomic mass is 32.2. The molecule has 0 saturated carbocycles. The van der Waals surface area contributed by atoms with Gasteiger partial charge in [-0.1, -0.05) is 60.3 Å². The van der Waals surface area contributed by atoms with Crippen LogP contribution in [0.2, 0.25) is 0 Å². The van der Waals surface area contributed by atoms with Crippen LogP contribution in [0.1, 0.15) is 24.5 Å². The van der Waals surface area contributed by atoms with Crippen molar-refractivity contribution in [3.63, 3.8) is 0 Å². The van der Waals surface area contributed by atoms with Gasteiger partial charge in [-0.05, 0) is 37.1 Å². The Kier molecular flexibility index (Phi) is 4.07. The summed E-state index contributed by atoms with van der Waals surface area (Å²) >= 11 is 1.71. The molecule has 1 aliphatic carbocycles. The van der Waals surface area contributed by atoms with E-state index in [1.807, 2.05) is 24.3 Å². The summed E-state index contributed by atoms with van der Waals surface area (Å²) in [6.45, 7) is 1.64. The fraction of sp³-hybridized carbons (Fsp3) is 0.105. The lowest BCUT2D eigenvalue weighted by atomic mass is 9.98. The van der Waals surface area contributed by atoms with Gasteiger partial charge in [0.1, 0.15) is 0 Å². The second kappa shape index (κ2) is 6.15. The van der Waals surface area contributed by atoms with E-state index in [4.69, 9.17) is 0 Å². The van der Waals surface area contributed by atoms with Crippen molar-refractivity contribution in [2.24, 2.45) is 0 Å². The van der Waals surface area contributed by atoms with Crippen molar-refractivity contribution in [1.29, 1.82) is 0 Å². The van der Waals surface area contributed by atoms with Gasteiger partial charge in [-0.3, -0.25) is 4.79 Å². The summed E-state index contributed by atoms with van der Waals surface area (Å²) in [4.78, 5) is 14.3. The molecule has 0 heterocycles. The molecule has 3 rings (SSSR count). The van der Waals surface area contributed by atoms with Crippen molar-refractivity contribution >= 4 is 29.2 Å². The molecular weight excluding hydrogens is 276 g/mol. The molecule has 2 aromatic carbocycles. The van der Waals surface area contributed by atoms with Crippen LogP contribution in [-0.4, -0.2) is 5.78 Å². The second-order valence-corrected chi connectivity index (χ2v) is 6.06. The van der Waals surface area contributed by atoms with Crippen LogP contribution < -0.4 is 0 Å². The standard InChI is InChI=1S/C19H16OS/c1-14(20)17-12-6-5-8-15-9-7-13-18(19(15)17)21-16-10-3-2-4-11-16/h2-5,7-13H,6H2,1H3. The van der Waals surface area contributed by atoms with Gasteiger partial charge in [-0.2, -0.15) is 0 Å². The van der Waals surface area contributed by atoms with Crippen LogP contribution >= 0.6 is 11.8 Å². The van der Waals surface area contributed by atoms with E-state index >= 15 is 0 Å². The van der Waals surface area contributed by atoms with E-state index in [0.29, 0.717) is 0 Å². The fourth-order valence-corrected chi connectivity index (χ4v) is 3.50. The average molecular weight is 292 g/mol. The predicted molar refractivity (Wildman–Crippen MR) is 89.3 cm³/mol. The summed E-state index contributed by atoms with van der Waals surface area (Å²) in [5.41, 5.74) is 3.01. The third-order valence-electron chi connectivity index (χ3n) is 3.43. The predicted octanol–water partition coefficient (Wildman–Crippen LogP) is 5.23. The van der Waals surface area contributed by atoms with Gasteiger partial charge in [0.25, 0.3) is 0 Å². The highest BCUT2D eigenvalue weighted by Gasteiger charge is 2.17. The highest BCUT2D eigenvalue weighted by molar-refractivity contribution is 7.99. The first-order chi connectivity index (χ1) is 10.3. The smallest absolute Gasteiger partial charge is 0.160 e. The first kappa shape index (κ1) is 13.9. The van der Waals surface area contributed by atoms with Gasteiger partial charge in [-0.25, -0.2) is 0 Å². The van der Waals surface area contributed by atoms with Gasteiger partial charge in [0.2, 0.25) is 0 Å². The third-order valence-corrected chi connectivity index (χ3v) is 4.50. The van der Waals surface area contributed by atoms with Crippen molar-refractivity contribution in [2.45, 2.75) is 23.1 Å². The number of Topliss-reactive ketones (excluding diaryl/α,β-unsaturated/α-hetero) is 1. The molecule has 0 amide bonds. The minimum absolute atomic E-state index is 0.126.